The van der Waals surface area contributed by atoms with Crippen LogP contribution in [0, 0.1) is 0 Å². The first-order valence-corrected chi connectivity index (χ1v) is 4.76. The Kier molecular flexibility index (Phi) is 3.72. The minimum atomic E-state index is -0.0371. The van der Waals surface area contributed by atoms with Crippen LogP contribution in [0.4, 0.5) is 0 Å². The van der Waals surface area contributed by atoms with E-state index in [0.29, 0.717) is 17.1 Å². The Hall–Kier alpha value is -1.28. The van der Waals surface area contributed by atoms with Crippen LogP contribution in [0.25, 0.3) is 5.70 Å². The Balaban J connectivity index is 2.70. The lowest BCUT2D eigenvalue weighted by Gasteiger charge is -2.06. The molecule has 0 radical (unpaired) electrons. The van der Waals surface area contributed by atoms with Crippen LogP contribution in [-0.4, -0.2) is 5.91 Å². The summed E-state index contributed by atoms with van der Waals surface area (Å²) >= 11 is 5.73. The van der Waals surface area contributed by atoms with Crippen molar-refractivity contribution in [3.63, 3.8) is 0 Å². The van der Waals surface area contributed by atoms with Crippen LogP contribution in [-0.2, 0) is 4.79 Å². The SMILES string of the molecule is C=C(NC(=O)CC)c1ccc(Cl)cc1. The summed E-state index contributed by atoms with van der Waals surface area (Å²) in [6.45, 7) is 5.56. The zero-order chi connectivity index (χ0) is 10.6. The molecule has 14 heavy (non-hydrogen) atoms. The summed E-state index contributed by atoms with van der Waals surface area (Å²) in [6, 6.07) is 7.17. The van der Waals surface area contributed by atoms with Crippen molar-refractivity contribution in [2.24, 2.45) is 0 Å². The third kappa shape index (κ3) is 2.89. The summed E-state index contributed by atoms with van der Waals surface area (Å²) in [6.07, 6.45) is 0.451. The molecule has 0 bridgehead atoms. The van der Waals surface area contributed by atoms with Crippen LogP contribution in [0.15, 0.2) is 30.8 Å². The molecule has 0 fully saturated rings. The van der Waals surface area contributed by atoms with Crippen molar-refractivity contribution in [2.75, 3.05) is 0 Å². The summed E-state index contributed by atoms with van der Waals surface area (Å²) in [7, 11) is 0. The van der Waals surface area contributed by atoms with E-state index in [0.717, 1.165) is 5.56 Å². The first-order valence-electron chi connectivity index (χ1n) is 4.38. The fourth-order valence-electron chi connectivity index (χ4n) is 0.980. The van der Waals surface area contributed by atoms with Crippen molar-refractivity contribution in [1.29, 1.82) is 0 Å². The van der Waals surface area contributed by atoms with E-state index in [1.807, 2.05) is 12.1 Å². The van der Waals surface area contributed by atoms with E-state index in [9.17, 15) is 4.79 Å². The van der Waals surface area contributed by atoms with Gasteiger partial charge < -0.3 is 5.32 Å². The molecule has 0 saturated carbocycles. The highest BCUT2D eigenvalue weighted by molar-refractivity contribution is 6.30. The molecule has 0 aliphatic carbocycles. The van der Waals surface area contributed by atoms with E-state index >= 15 is 0 Å². The van der Waals surface area contributed by atoms with Gasteiger partial charge in [0.1, 0.15) is 0 Å². The second-order valence-corrected chi connectivity index (χ2v) is 3.32. The van der Waals surface area contributed by atoms with Gasteiger partial charge in [0.15, 0.2) is 0 Å². The third-order valence-electron chi connectivity index (χ3n) is 1.80. The fraction of sp³-hybridized carbons (Fsp3) is 0.182. The topological polar surface area (TPSA) is 29.1 Å². The lowest BCUT2D eigenvalue weighted by Crippen LogP contribution is -2.19. The Bertz CT molecular complexity index is 343. The monoisotopic (exact) mass is 209 g/mol. The number of carbonyl (C=O) groups excluding carboxylic acids is 1. The predicted octanol–water partition coefficient (Wildman–Crippen LogP) is 2.84. The minimum Gasteiger partial charge on any atom is -0.326 e. The lowest BCUT2D eigenvalue weighted by molar-refractivity contribution is -0.119. The molecule has 0 atom stereocenters. The summed E-state index contributed by atoms with van der Waals surface area (Å²) < 4.78 is 0. The maximum absolute atomic E-state index is 11.1. The van der Waals surface area contributed by atoms with Crippen molar-refractivity contribution in [2.45, 2.75) is 13.3 Å². The van der Waals surface area contributed by atoms with Gasteiger partial charge in [-0.2, -0.15) is 0 Å². The highest BCUT2D eigenvalue weighted by Crippen LogP contribution is 2.14. The van der Waals surface area contributed by atoms with Crippen molar-refractivity contribution >= 4 is 23.2 Å². The van der Waals surface area contributed by atoms with Gasteiger partial charge in [0.25, 0.3) is 0 Å². The number of benzene rings is 1. The van der Waals surface area contributed by atoms with Gasteiger partial charge in [0.2, 0.25) is 5.91 Å². The van der Waals surface area contributed by atoms with Crippen LogP contribution in [0.1, 0.15) is 18.9 Å². The molecular formula is C11H12ClNO. The molecule has 0 unspecified atom stereocenters. The fourth-order valence-corrected chi connectivity index (χ4v) is 1.11. The zero-order valence-corrected chi connectivity index (χ0v) is 8.77. The van der Waals surface area contributed by atoms with Crippen LogP contribution < -0.4 is 5.32 Å². The van der Waals surface area contributed by atoms with Crippen molar-refractivity contribution in [3.05, 3.63) is 41.4 Å². The molecule has 74 valence electrons. The normalized spacial score (nSPS) is 9.57. The standard InChI is InChI=1S/C11H12ClNO/c1-3-11(14)13-8(2)9-4-6-10(12)7-5-9/h4-7H,2-3H2,1H3,(H,13,14). The van der Waals surface area contributed by atoms with E-state index in [2.05, 4.69) is 11.9 Å². The van der Waals surface area contributed by atoms with Gasteiger partial charge >= 0.3 is 0 Å². The van der Waals surface area contributed by atoms with Gasteiger partial charge in [-0.05, 0) is 17.7 Å². The number of nitrogens with one attached hydrogen (secondary N) is 1. The quantitative estimate of drug-likeness (QED) is 0.815. The van der Waals surface area contributed by atoms with Gasteiger partial charge in [0.05, 0.1) is 0 Å². The van der Waals surface area contributed by atoms with Gasteiger partial charge in [0, 0.05) is 17.1 Å². The highest BCUT2D eigenvalue weighted by atomic mass is 35.5. The molecule has 2 nitrogen and oxygen atoms in total. The predicted molar refractivity (Wildman–Crippen MR) is 58.9 cm³/mol. The van der Waals surface area contributed by atoms with Crippen LogP contribution in [0.5, 0.6) is 0 Å². The molecule has 0 aliphatic heterocycles. The highest BCUT2D eigenvalue weighted by Gasteiger charge is 2.01. The number of hydrogen-bond donors (Lipinski definition) is 1. The van der Waals surface area contributed by atoms with E-state index in [1.54, 1.807) is 19.1 Å². The smallest absolute Gasteiger partial charge is 0.224 e. The number of carbonyl (C=O) groups is 1. The molecular weight excluding hydrogens is 198 g/mol. The van der Waals surface area contributed by atoms with Crippen LogP contribution >= 0.6 is 11.6 Å². The third-order valence-corrected chi connectivity index (χ3v) is 2.06. The number of hydrogen-bond acceptors (Lipinski definition) is 1. The summed E-state index contributed by atoms with van der Waals surface area (Å²) in [4.78, 5) is 11.1. The Labute approximate surface area is 88.6 Å². The maximum atomic E-state index is 11.1. The Morgan fingerprint density at radius 2 is 2.00 bits per heavy atom. The van der Waals surface area contributed by atoms with Gasteiger partial charge in [-0.1, -0.05) is 37.2 Å². The van der Waals surface area contributed by atoms with Crippen molar-refractivity contribution < 1.29 is 4.79 Å². The summed E-state index contributed by atoms with van der Waals surface area (Å²) in [5.41, 5.74) is 1.48. The minimum absolute atomic E-state index is 0.0371. The second kappa shape index (κ2) is 4.82. The van der Waals surface area contributed by atoms with Gasteiger partial charge in [-0.25, -0.2) is 0 Å². The van der Waals surface area contributed by atoms with E-state index in [-0.39, 0.29) is 5.91 Å². The molecule has 0 aromatic heterocycles. The van der Waals surface area contributed by atoms with Gasteiger partial charge in [-0.3, -0.25) is 4.79 Å². The molecule has 1 N–H and O–H groups in total. The van der Waals surface area contributed by atoms with Gasteiger partial charge in [-0.15, -0.1) is 0 Å². The first-order chi connectivity index (χ1) is 6.63. The Morgan fingerprint density at radius 3 is 2.50 bits per heavy atom. The molecule has 0 heterocycles. The molecule has 0 spiro atoms. The molecule has 3 heteroatoms. The summed E-state index contributed by atoms with van der Waals surface area (Å²) in [5.74, 6) is -0.0371. The molecule has 0 aliphatic rings. The lowest BCUT2D eigenvalue weighted by atomic mass is 10.2. The second-order valence-electron chi connectivity index (χ2n) is 2.89. The average Bonchev–Trinajstić information content (AvgIpc) is 2.18. The largest absolute Gasteiger partial charge is 0.326 e. The Morgan fingerprint density at radius 1 is 1.43 bits per heavy atom. The number of halogens is 1. The first kappa shape index (κ1) is 10.8. The van der Waals surface area contributed by atoms with Crippen molar-refractivity contribution in [1.82, 2.24) is 5.32 Å². The van der Waals surface area contributed by atoms with Crippen molar-refractivity contribution in [3.8, 4) is 0 Å². The van der Waals surface area contributed by atoms with Crippen LogP contribution in [0.3, 0.4) is 0 Å². The molecule has 1 aromatic carbocycles. The number of amides is 1. The molecule has 0 saturated heterocycles. The van der Waals surface area contributed by atoms with E-state index in [1.165, 1.54) is 0 Å². The van der Waals surface area contributed by atoms with Crippen LogP contribution in [0.2, 0.25) is 5.02 Å². The average molecular weight is 210 g/mol. The zero-order valence-electron chi connectivity index (χ0n) is 8.01. The molecule has 1 rings (SSSR count). The van der Waals surface area contributed by atoms with E-state index in [4.69, 9.17) is 11.6 Å². The van der Waals surface area contributed by atoms with E-state index < -0.39 is 0 Å². The number of rotatable bonds is 3. The summed E-state index contributed by atoms with van der Waals surface area (Å²) in [5, 5.41) is 3.36. The maximum Gasteiger partial charge on any atom is 0.224 e. The molecule has 1 aromatic rings. The molecule has 1 amide bonds.